The molecule has 114 valence electrons. The van der Waals surface area contributed by atoms with Gasteiger partial charge in [0, 0.05) is 19.2 Å². The topological polar surface area (TPSA) is 74.9 Å². The normalized spacial score (nSPS) is 24.7. The highest BCUT2D eigenvalue weighted by Gasteiger charge is 2.24. The number of rotatable bonds is 8. The van der Waals surface area contributed by atoms with Crippen molar-refractivity contribution in [2.45, 2.75) is 44.4 Å². The van der Waals surface area contributed by atoms with Gasteiger partial charge in [-0.3, -0.25) is 0 Å². The van der Waals surface area contributed by atoms with Crippen molar-refractivity contribution < 1.29 is 19.4 Å². The number of hydrogen-bond acceptors (Lipinski definition) is 5. The molecule has 5 heteroatoms. The van der Waals surface area contributed by atoms with Crippen LogP contribution in [0.5, 0.6) is 0 Å². The first-order valence-corrected chi connectivity index (χ1v) is 7.42. The van der Waals surface area contributed by atoms with Gasteiger partial charge in [0.15, 0.2) is 0 Å². The summed E-state index contributed by atoms with van der Waals surface area (Å²) < 4.78 is 10.5. The summed E-state index contributed by atoms with van der Waals surface area (Å²) >= 11 is 0. The number of aliphatic hydroxyl groups excluding tert-OH is 2. The zero-order valence-corrected chi connectivity index (χ0v) is 11.8. The minimum Gasteiger partial charge on any atom is -0.467 e. The lowest BCUT2D eigenvalue weighted by molar-refractivity contribution is 0.0188. The van der Waals surface area contributed by atoms with Crippen molar-refractivity contribution >= 4 is 0 Å². The van der Waals surface area contributed by atoms with Crippen LogP contribution in [0.25, 0.3) is 0 Å². The molecule has 1 aromatic rings. The third-order valence-electron chi connectivity index (χ3n) is 3.89. The van der Waals surface area contributed by atoms with Crippen LogP contribution in [0, 0.1) is 5.92 Å². The molecule has 1 aliphatic rings. The van der Waals surface area contributed by atoms with Crippen LogP contribution in [0.2, 0.25) is 0 Å². The number of hydrogen-bond donors (Lipinski definition) is 3. The second kappa shape index (κ2) is 8.42. The van der Waals surface area contributed by atoms with Crippen LogP contribution in [0.3, 0.4) is 0 Å². The van der Waals surface area contributed by atoms with Gasteiger partial charge in [0.25, 0.3) is 0 Å². The second-order valence-corrected chi connectivity index (χ2v) is 5.49. The summed E-state index contributed by atoms with van der Waals surface area (Å²) in [5, 5.41) is 22.6. The van der Waals surface area contributed by atoms with Crippen LogP contribution in [0.4, 0.5) is 0 Å². The van der Waals surface area contributed by atoms with Crippen LogP contribution in [-0.2, 0) is 11.3 Å². The monoisotopic (exact) mass is 283 g/mol. The van der Waals surface area contributed by atoms with Crippen molar-refractivity contribution in [3.63, 3.8) is 0 Å². The lowest BCUT2D eigenvalue weighted by Crippen LogP contribution is -2.44. The van der Waals surface area contributed by atoms with Crippen LogP contribution in [0.15, 0.2) is 22.8 Å². The molecule has 0 bridgehead atoms. The fourth-order valence-corrected chi connectivity index (χ4v) is 2.73. The number of furan rings is 1. The highest BCUT2D eigenvalue weighted by atomic mass is 16.5. The van der Waals surface area contributed by atoms with Gasteiger partial charge < -0.3 is 24.7 Å². The van der Waals surface area contributed by atoms with Gasteiger partial charge in [0.05, 0.1) is 19.0 Å². The minimum absolute atomic E-state index is 0.225. The molecular weight excluding hydrogens is 258 g/mol. The van der Waals surface area contributed by atoms with Gasteiger partial charge >= 0.3 is 0 Å². The standard InChI is InChI=1S/C15H25NO4/c17-9-12-4-1-2-6-15(12)16-8-13(18)10-19-11-14-5-3-7-20-14/h3,5,7,12-13,15-18H,1-2,4,6,8-11H2. The van der Waals surface area contributed by atoms with Crippen LogP contribution in [-0.4, -0.2) is 42.1 Å². The molecular formula is C15H25NO4. The Morgan fingerprint density at radius 2 is 2.25 bits per heavy atom. The van der Waals surface area contributed by atoms with E-state index in [9.17, 15) is 10.2 Å². The maximum Gasteiger partial charge on any atom is 0.129 e. The van der Waals surface area contributed by atoms with E-state index < -0.39 is 6.10 Å². The van der Waals surface area contributed by atoms with Crippen LogP contribution < -0.4 is 5.32 Å². The number of ether oxygens (including phenoxy) is 1. The summed E-state index contributed by atoms with van der Waals surface area (Å²) in [6.07, 6.45) is 5.60. The Morgan fingerprint density at radius 3 is 3.00 bits per heavy atom. The van der Waals surface area contributed by atoms with Gasteiger partial charge in [-0.25, -0.2) is 0 Å². The molecule has 3 unspecified atom stereocenters. The van der Waals surface area contributed by atoms with Gasteiger partial charge in [-0.2, -0.15) is 0 Å². The van der Waals surface area contributed by atoms with Crippen molar-refractivity contribution in [3.05, 3.63) is 24.2 Å². The number of nitrogens with one attached hydrogen (secondary N) is 1. The summed E-state index contributed by atoms with van der Waals surface area (Å²) in [6.45, 7) is 1.39. The van der Waals surface area contributed by atoms with Crippen LogP contribution in [0.1, 0.15) is 31.4 Å². The Labute approximate surface area is 119 Å². The average molecular weight is 283 g/mol. The number of aliphatic hydroxyl groups is 2. The second-order valence-electron chi connectivity index (χ2n) is 5.49. The molecule has 20 heavy (non-hydrogen) atoms. The van der Waals surface area contributed by atoms with Crippen molar-refractivity contribution in [3.8, 4) is 0 Å². The molecule has 2 rings (SSSR count). The summed E-state index contributed by atoms with van der Waals surface area (Å²) in [7, 11) is 0. The highest BCUT2D eigenvalue weighted by Crippen LogP contribution is 2.23. The summed E-state index contributed by atoms with van der Waals surface area (Å²) in [4.78, 5) is 0. The molecule has 1 saturated carbocycles. The molecule has 0 aliphatic heterocycles. The third kappa shape index (κ3) is 4.90. The Bertz CT molecular complexity index is 355. The smallest absolute Gasteiger partial charge is 0.129 e. The van der Waals surface area contributed by atoms with E-state index in [4.69, 9.17) is 9.15 Å². The van der Waals surface area contributed by atoms with Gasteiger partial charge in [-0.1, -0.05) is 12.8 Å². The van der Waals surface area contributed by atoms with Gasteiger partial charge in [-0.05, 0) is 30.9 Å². The van der Waals surface area contributed by atoms with Crippen molar-refractivity contribution in [1.82, 2.24) is 5.32 Å². The molecule has 1 fully saturated rings. The first-order chi connectivity index (χ1) is 9.79. The van der Waals surface area contributed by atoms with E-state index in [2.05, 4.69) is 5.32 Å². The van der Waals surface area contributed by atoms with Gasteiger partial charge in [-0.15, -0.1) is 0 Å². The summed E-state index contributed by atoms with van der Waals surface area (Å²) in [5.41, 5.74) is 0. The van der Waals surface area contributed by atoms with Crippen molar-refractivity contribution in [1.29, 1.82) is 0 Å². The molecule has 0 amide bonds. The fraction of sp³-hybridized carbons (Fsp3) is 0.733. The van der Waals surface area contributed by atoms with E-state index in [0.29, 0.717) is 25.1 Å². The predicted octanol–water partition coefficient (Wildman–Crippen LogP) is 1.30. The molecule has 0 saturated heterocycles. The maximum atomic E-state index is 9.89. The average Bonchev–Trinajstić information content (AvgIpc) is 2.98. The molecule has 1 aromatic heterocycles. The lowest BCUT2D eigenvalue weighted by Gasteiger charge is -2.31. The largest absolute Gasteiger partial charge is 0.467 e. The maximum absolute atomic E-state index is 9.89. The highest BCUT2D eigenvalue weighted by molar-refractivity contribution is 4.96. The SMILES string of the molecule is OCC1CCCCC1NCC(O)COCc1ccco1. The zero-order chi connectivity index (χ0) is 14.2. The van der Waals surface area contributed by atoms with Crippen LogP contribution >= 0.6 is 0 Å². The Balaban J connectivity index is 1.60. The Kier molecular flexibility index (Phi) is 6.53. The Hall–Kier alpha value is -0.880. The first kappa shape index (κ1) is 15.5. The summed E-state index contributed by atoms with van der Waals surface area (Å²) in [6, 6.07) is 3.97. The molecule has 0 spiro atoms. The van der Waals surface area contributed by atoms with Crippen molar-refractivity contribution in [2.24, 2.45) is 5.92 Å². The molecule has 0 radical (unpaired) electrons. The van der Waals surface area contributed by atoms with E-state index >= 15 is 0 Å². The zero-order valence-electron chi connectivity index (χ0n) is 11.8. The summed E-state index contributed by atoms with van der Waals surface area (Å²) in [5.74, 6) is 1.08. The fourth-order valence-electron chi connectivity index (χ4n) is 2.73. The minimum atomic E-state index is -0.536. The van der Waals surface area contributed by atoms with E-state index in [0.717, 1.165) is 18.6 Å². The van der Waals surface area contributed by atoms with E-state index in [1.165, 1.54) is 12.8 Å². The molecule has 1 heterocycles. The van der Waals surface area contributed by atoms with E-state index in [-0.39, 0.29) is 13.2 Å². The Morgan fingerprint density at radius 1 is 1.40 bits per heavy atom. The first-order valence-electron chi connectivity index (χ1n) is 7.42. The molecule has 0 aromatic carbocycles. The predicted molar refractivity (Wildman–Crippen MR) is 75.2 cm³/mol. The molecule has 5 nitrogen and oxygen atoms in total. The molecule has 3 N–H and O–H groups in total. The quantitative estimate of drug-likeness (QED) is 0.670. The molecule has 1 aliphatic carbocycles. The van der Waals surface area contributed by atoms with E-state index in [1.54, 1.807) is 6.26 Å². The van der Waals surface area contributed by atoms with Gasteiger partial charge in [0.1, 0.15) is 12.4 Å². The lowest BCUT2D eigenvalue weighted by atomic mass is 9.85. The van der Waals surface area contributed by atoms with Gasteiger partial charge in [0.2, 0.25) is 0 Å². The van der Waals surface area contributed by atoms with Crippen molar-refractivity contribution in [2.75, 3.05) is 19.8 Å². The molecule has 3 atom stereocenters. The van der Waals surface area contributed by atoms with E-state index in [1.807, 2.05) is 12.1 Å². The third-order valence-corrected chi connectivity index (χ3v) is 3.89.